The number of carbonyl (C=O) groups is 1. The fourth-order valence-corrected chi connectivity index (χ4v) is 4.91. The minimum absolute atomic E-state index is 0.0000765. The van der Waals surface area contributed by atoms with Crippen LogP contribution in [0, 0.1) is 17.5 Å². The third-order valence-corrected chi connectivity index (χ3v) is 6.78. The minimum Gasteiger partial charge on any atom is -0.466 e. The van der Waals surface area contributed by atoms with Crippen molar-refractivity contribution in [2.75, 3.05) is 7.11 Å². The first-order chi connectivity index (χ1) is 15.1. The van der Waals surface area contributed by atoms with Gasteiger partial charge >= 0.3 is 5.97 Å². The van der Waals surface area contributed by atoms with Gasteiger partial charge in [-0.3, -0.25) is 4.98 Å². The van der Waals surface area contributed by atoms with Crippen molar-refractivity contribution in [2.45, 2.75) is 10.1 Å². The van der Waals surface area contributed by atoms with Crippen LogP contribution in [0.5, 0.6) is 0 Å². The van der Waals surface area contributed by atoms with Gasteiger partial charge in [-0.25, -0.2) is 26.4 Å². The first-order valence-corrected chi connectivity index (χ1v) is 10.9. The van der Waals surface area contributed by atoms with Crippen LogP contribution in [0.15, 0.2) is 65.7 Å². The Labute approximate surface area is 187 Å². The number of nitrogens with zero attached hydrogens (tertiary/aromatic N) is 1. The summed E-state index contributed by atoms with van der Waals surface area (Å²) < 4.78 is 74.9. The van der Waals surface area contributed by atoms with E-state index in [9.17, 15) is 26.4 Å². The van der Waals surface area contributed by atoms with E-state index in [0.717, 1.165) is 37.6 Å². The van der Waals surface area contributed by atoms with Gasteiger partial charge in [-0.15, -0.1) is 0 Å². The van der Waals surface area contributed by atoms with E-state index in [0.29, 0.717) is 6.07 Å². The second-order valence-corrected chi connectivity index (χ2v) is 9.00. The summed E-state index contributed by atoms with van der Waals surface area (Å²) in [7, 11) is -3.34. The lowest BCUT2D eigenvalue weighted by atomic mass is 10.0. The molecule has 0 aliphatic carbocycles. The number of rotatable bonds is 6. The maximum atomic E-state index is 14.8. The largest absolute Gasteiger partial charge is 0.466 e. The molecule has 0 aliphatic rings. The SMILES string of the molecule is COC(=O)/C=C/c1cc(C(c2cc(F)ccc2F)S(=O)(=O)c2ccc(Cl)cc2)c(F)cn1. The number of sulfone groups is 1. The van der Waals surface area contributed by atoms with Gasteiger partial charge in [0.2, 0.25) is 0 Å². The molecule has 0 amide bonds. The second kappa shape index (κ2) is 9.54. The Balaban J connectivity index is 2.26. The number of carbonyl (C=O) groups excluding carboxylic acids is 1. The molecule has 0 saturated heterocycles. The van der Waals surface area contributed by atoms with Gasteiger partial charge in [0, 0.05) is 22.2 Å². The van der Waals surface area contributed by atoms with Gasteiger partial charge < -0.3 is 4.74 Å². The van der Waals surface area contributed by atoms with Crippen LogP contribution in [0.25, 0.3) is 6.08 Å². The van der Waals surface area contributed by atoms with Gasteiger partial charge in [0.1, 0.15) is 22.7 Å². The molecule has 166 valence electrons. The lowest BCUT2D eigenvalue weighted by Gasteiger charge is -2.20. The number of pyridine rings is 1. The highest BCUT2D eigenvalue weighted by Crippen LogP contribution is 2.38. The molecule has 2 aromatic carbocycles. The molecule has 10 heteroatoms. The molecule has 0 bridgehead atoms. The Morgan fingerprint density at radius 2 is 1.69 bits per heavy atom. The lowest BCUT2D eigenvalue weighted by molar-refractivity contribution is -0.134. The predicted molar refractivity (Wildman–Crippen MR) is 112 cm³/mol. The van der Waals surface area contributed by atoms with Crippen LogP contribution in [0.2, 0.25) is 5.02 Å². The normalized spacial score (nSPS) is 12.7. The van der Waals surface area contributed by atoms with Crippen LogP contribution in [-0.2, 0) is 19.4 Å². The summed E-state index contributed by atoms with van der Waals surface area (Å²) in [6, 6.07) is 8.28. The summed E-state index contributed by atoms with van der Waals surface area (Å²) in [6.07, 6.45) is 2.89. The Morgan fingerprint density at radius 3 is 2.34 bits per heavy atom. The van der Waals surface area contributed by atoms with Crippen molar-refractivity contribution in [3.63, 3.8) is 0 Å². The Bertz CT molecular complexity index is 1300. The van der Waals surface area contributed by atoms with Crippen molar-refractivity contribution in [1.29, 1.82) is 0 Å². The Morgan fingerprint density at radius 1 is 1.03 bits per heavy atom. The molecular formula is C22H15ClF3NO4S. The zero-order valence-electron chi connectivity index (χ0n) is 16.4. The molecule has 0 saturated carbocycles. The van der Waals surface area contributed by atoms with Crippen LogP contribution in [0.3, 0.4) is 0 Å². The van der Waals surface area contributed by atoms with Crippen LogP contribution in [0.4, 0.5) is 13.2 Å². The van der Waals surface area contributed by atoms with Crippen molar-refractivity contribution >= 4 is 33.5 Å². The third kappa shape index (κ3) is 5.00. The molecule has 0 N–H and O–H groups in total. The molecule has 0 radical (unpaired) electrons. The van der Waals surface area contributed by atoms with E-state index in [1.165, 1.54) is 30.3 Å². The average Bonchev–Trinajstić information content (AvgIpc) is 2.76. The van der Waals surface area contributed by atoms with Gasteiger partial charge in [-0.05, 0) is 54.6 Å². The molecule has 0 aliphatic heterocycles. The standard InChI is InChI=1S/C22H15ClF3NO4S/c1-31-21(28)9-5-15-11-18(20(26)12-27-15)22(17-10-14(24)4-8-19(17)25)32(29,30)16-6-2-13(23)3-7-16/h2-12,22H,1H3/b9-5+. The molecule has 5 nitrogen and oxygen atoms in total. The highest BCUT2D eigenvalue weighted by Gasteiger charge is 2.35. The number of methoxy groups -OCH3 is 1. The van der Waals surface area contributed by atoms with Gasteiger partial charge in [-0.2, -0.15) is 0 Å². The molecule has 0 spiro atoms. The van der Waals surface area contributed by atoms with E-state index in [1.807, 2.05) is 0 Å². The van der Waals surface area contributed by atoms with Crippen LogP contribution < -0.4 is 0 Å². The predicted octanol–water partition coefficient (Wildman–Crippen LogP) is 4.90. The van der Waals surface area contributed by atoms with Crippen molar-refractivity contribution in [2.24, 2.45) is 0 Å². The number of halogens is 4. The van der Waals surface area contributed by atoms with Crippen molar-refractivity contribution in [3.8, 4) is 0 Å². The highest BCUT2D eigenvalue weighted by atomic mass is 35.5. The Hall–Kier alpha value is -3.17. The van der Waals surface area contributed by atoms with E-state index < -0.39 is 49.6 Å². The van der Waals surface area contributed by atoms with Crippen LogP contribution >= 0.6 is 11.6 Å². The zero-order chi connectivity index (χ0) is 23.5. The summed E-state index contributed by atoms with van der Waals surface area (Å²) in [4.78, 5) is 14.8. The quantitative estimate of drug-likeness (QED) is 0.370. The third-order valence-electron chi connectivity index (χ3n) is 4.47. The summed E-state index contributed by atoms with van der Waals surface area (Å²) in [6.45, 7) is 0. The van der Waals surface area contributed by atoms with E-state index >= 15 is 0 Å². The van der Waals surface area contributed by atoms with E-state index in [-0.39, 0.29) is 15.6 Å². The van der Waals surface area contributed by atoms with Gasteiger partial charge in [0.05, 0.1) is 23.9 Å². The number of ether oxygens (including phenoxy) is 1. The molecule has 1 heterocycles. The average molecular weight is 482 g/mol. The topological polar surface area (TPSA) is 73.3 Å². The Kier molecular flexibility index (Phi) is 7.00. The van der Waals surface area contributed by atoms with Crippen LogP contribution in [0.1, 0.15) is 22.1 Å². The van der Waals surface area contributed by atoms with Crippen LogP contribution in [-0.4, -0.2) is 26.5 Å². The fraction of sp³-hybridized carbons (Fsp3) is 0.0909. The second-order valence-electron chi connectivity index (χ2n) is 6.53. The highest BCUT2D eigenvalue weighted by molar-refractivity contribution is 7.91. The summed E-state index contributed by atoms with van der Waals surface area (Å²) in [5.74, 6) is -3.74. The first kappa shape index (κ1) is 23.5. The van der Waals surface area contributed by atoms with Crippen molar-refractivity contribution < 1.29 is 31.1 Å². The molecular weight excluding hydrogens is 467 g/mol. The van der Waals surface area contributed by atoms with E-state index in [1.54, 1.807) is 0 Å². The maximum absolute atomic E-state index is 14.8. The number of aromatic nitrogens is 1. The first-order valence-electron chi connectivity index (χ1n) is 8.99. The van der Waals surface area contributed by atoms with Gasteiger partial charge in [0.25, 0.3) is 0 Å². The van der Waals surface area contributed by atoms with E-state index in [2.05, 4.69) is 9.72 Å². The number of hydrogen-bond donors (Lipinski definition) is 0. The monoisotopic (exact) mass is 481 g/mol. The molecule has 0 fully saturated rings. The summed E-state index contributed by atoms with van der Waals surface area (Å²) in [5, 5.41) is -1.70. The van der Waals surface area contributed by atoms with E-state index in [4.69, 9.17) is 11.6 Å². The molecule has 3 aromatic rings. The number of esters is 1. The van der Waals surface area contributed by atoms with Crippen molar-refractivity contribution in [1.82, 2.24) is 4.98 Å². The number of benzene rings is 2. The molecule has 1 atom stereocenters. The smallest absolute Gasteiger partial charge is 0.330 e. The molecule has 1 aromatic heterocycles. The van der Waals surface area contributed by atoms with Gasteiger partial charge in [0.15, 0.2) is 9.84 Å². The minimum atomic E-state index is -4.49. The van der Waals surface area contributed by atoms with Crippen molar-refractivity contribution in [3.05, 3.63) is 100 Å². The maximum Gasteiger partial charge on any atom is 0.330 e. The zero-order valence-corrected chi connectivity index (χ0v) is 18.0. The number of hydrogen-bond acceptors (Lipinski definition) is 5. The fourth-order valence-electron chi connectivity index (χ4n) is 2.96. The molecule has 3 rings (SSSR count). The lowest BCUT2D eigenvalue weighted by Crippen LogP contribution is -2.18. The summed E-state index contributed by atoms with van der Waals surface area (Å²) in [5.41, 5.74) is -1.07. The molecule has 1 unspecified atom stereocenters. The molecule has 32 heavy (non-hydrogen) atoms. The van der Waals surface area contributed by atoms with Gasteiger partial charge in [-0.1, -0.05) is 11.6 Å². The summed E-state index contributed by atoms with van der Waals surface area (Å²) >= 11 is 5.82.